The summed E-state index contributed by atoms with van der Waals surface area (Å²) in [5.74, 6) is -0.675. The molecule has 0 aromatic carbocycles. The molecule has 0 unspecified atom stereocenters. The maximum absolute atomic E-state index is 13.6. The second-order valence-electron chi connectivity index (χ2n) is 7.29. The Morgan fingerprint density at radius 1 is 1.36 bits per heavy atom. The molecule has 0 radical (unpaired) electrons. The number of likely N-dealkylation sites (tertiary alicyclic amines) is 1. The number of carbonyl (C=O) groups excluding carboxylic acids is 1. The SMILES string of the molecule is O=C(C1CCC1)N1CC2(C1)[C@@H](COc1ncccc1F)CCS2(=O)=O. The van der Waals surface area contributed by atoms with Crippen LogP contribution in [0.15, 0.2) is 18.3 Å². The van der Waals surface area contributed by atoms with Crippen molar-refractivity contribution in [3.8, 4) is 5.88 Å². The van der Waals surface area contributed by atoms with E-state index >= 15 is 0 Å². The molecule has 1 amide bonds. The van der Waals surface area contributed by atoms with Gasteiger partial charge < -0.3 is 9.64 Å². The Labute approximate surface area is 146 Å². The Hall–Kier alpha value is -1.70. The molecule has 1 aromatic rings. The van der Waals surface area contributed by atoms with Crippen LogP contribution in [0.2, 0.25) is 0 Å². The lowest BCUT2D eigenvalue weighted by Gasteiger charge is -2.51. The second-order valence-corrected chi connectivity index (χ2v) is 9.74. The van der Waals surface area contributed by atoms with E-state index in [0.29, 0.717) is 6.42 Å². The van der Waals surface area contributed by atoms with Crippen molar-refractivity contribution < 1.29 is 22.3 Å². The van der Waals surface area contributed by atoms with Crippen molar-refractivity contribution in [1.29, 1.82) is 0 Å². The van der Waals surface area contributed by atoms with Crippen molar-refractivity contribution in [3.05, 3.63) is 24.1 Å². The lowest BCUT2D eigenvalue weighted by Crippen LogP contribution is -2.69. The van der Waals surface area contributed by atoms with Crippen molar-refractivity contribution in [2.45, 2.75) is 30.4 Å². The van der Waals surface area contributed by atoms with Crippen LogP contribution in [0.4, 0.5) is 4.39 Å². The molecule has 2 saturated heterocycles. The number of carbonyl (C=O) groups is 1. The lowest BCUT2D eigenvalue weighted by molar-refractivity contribution is -0.144. The van der Waals surface area contributed by atoms with Crippen LogP contribution >= 0.6 is 0 Å². The Balaban J connectivity index is 1.45. The van der Waals surface area contributed by atoms with Crippen LogP contribution in [0.25, 0.3) is 0 Å². The maximum atomic E-state index is 13.6. The fourth-order valence-corrected chi connectivity index (χ4v) is 6.43. The van der Waals surface area contributed by atoms with E-state index in [-0.39, 0.29) is 49.1 Å². The van der Waals surface area contributed by atoms with Crippen molar-refractivity contribution in [3.63, 3.8) is 0 Å². The summed E-state index contributed by atoms with van der Waals surface area (Å²) in [5, 5.41) is 0. The molecule has 2 aliphatic heterocycles. The van der Waals surface area contributed by atoms with Crippen LogP contribution < -0.4 is 4.74 Å². The Morgan fingerprint density at radius 3 is 2.76 bits per heavy atom. The lowest BCUT2D eigenvalue weighted by atomic mass is 9.79. The van der Waals surface area contributed by atoms with E-state index in [1.165, 1.54) is 18.3 Å². The summed E-state index contributed by atoms with van der Waals surface area (Å²) in [7, 11) is -3.28. The van der Waals surface area contributed by atoms with Crippen molar-refractivity contribution in [2.24, 2.45) is 11.8 Å². The average Bonchev–Trinajstić information content (AvgIpc) is 2.74. The van der Waals surface area contributed by atoms with Gasteiger partial charge in [-0.25, -0.2) is 17.8 Å². The topological polar surface area (TPSA) is 76.6 Å². The van der Waals surface area contributed by atoms with E-state index in [0.717, 1.165) is 19.3 Å². The first kappa shape index (κ1) is 16.8. The zero-order chi connectivity index (χ0) is 17.7. The highest BCUT2D eigenvalue weighted by atomic mass is 32.2. The minimum absolute atomic E-state index is 0.0683. The van der Waals surface area contributed by atoms with Gasteiger partial charge in [-0.05, 0) is 31.4 Å². The van der Waals surface area contributed by atoms with Gasteiger partial charge in [0.1, 0.15) is 4.75 Å². The minimum Gasteiger partial charge on any atom is -0.475 e. The average molecular weight is 368 g/mol. The molecule has 0 N–H and O–H groups in total. The standard InChI is InChI=1S/C17H21FN2O4S/c18-14-5-2-7-19-15(14)24-9-13-6-8-25(22,23)17(13)10-20(11-17)16(21)12-3-1-4-12/h2,5,7,12-13H,1,3-4,6,8-11H2/t13-/m1/s1. The monoisotopic (exact) mass is 368 g/mol. The Kier molecular flexibility index (Phi) is 3.97. The second kappa shape index (κ2) is 5.93. The molecule has 8 heteroatoms. The first-order valence-corrected chi connectivity index (χ1v) is 10.3. The van der Waals surface area contributed by atoms with Gasteiger partial charge in [-0.1, -0.05) is 6.42 Å². The first-order chi connectivity index (χ1) is 11.9. The number of ether oxygens (including phenoxy) is 1. The van der Waals surface area contributed by atoms with Gasteiger partial charge in [0.05, 0.1) is 12.4 Å². The third-order valence-corrected chi connectivity index (χ3v) is 8.53. The van der Waals surface area contributed by atoms with Crippen LogP contribution in [-0.2, 0) is 14.6 Å². The predicted octanol–water partition coefficient (Wildman–Crippen LogP) is 1.42. The molecule has 0 bridgehead atoms. The highest BCUT2D eigenvalue weighted by Gasteiger charge is 2.63. The van der Waals surface area contributed by atoms with Gasteiger partial charge in [-0.2, -0.15) is 0 Å². The molecular weight excluding hydrogens is 347 g/mol. The smallest absolute Gasteiger partial charge is 0.250 e. The van der Waals surface area contributed by atoms with Crippen molar-refractivity contribution >= 4 is 15.7 Å². The molecule has 6 nitrogen and oxygen atoms in total. The van der Waals surface area contributed by atoms with Crippen LogP contribution in [-0.4, -0.2) is 54.4 Å². The van der Waals surface area contributed by atoms with Crippen LogP contribution in [0.1, 0.15) is 25.7 Å². The minimum atomic E-state index is -3.28. The molecule has 3 heterocycles. The zero-order valence-electron chi connectivity index (χ0n) is 13.9. The van der Waals surface area contributed by atoms with Gasteiger partial charge in [0.2, 0.25) is 11.8 Å². The Bertz CT molecular complexity index is 788. The number of rotatable bonds is 4. The molecule has 1 atom stereocenters. The van der Waals surface area contributed by atoms with Crippen LogP contribution in [0.3, 0.4) is 0 Å². The number of hydrogen-bond donors (Lipinski definition) is 0. The van der Waals surface area contributed by atoms with Gasteiger partial charge in [-0.15, -0.1) is 0 Å². The molecule has 3 fully saturated rings. The highest BCUT2D eigenvalue weighted by molar-refractivity contribution is 7.93. The largest absolute Gasteiger partial charge is 0.475 e. The van der Waals surface area contributed by atoms with E-state index < -0.39 is 20.4 Å². The summed E-state index contributed by atoms with van der Waals surface area (Å²) in [4.78, 5) is 17.8. The molecule has 25 heavy (non-hydrogen) atoms. The number of sulfone groups is 1. The number of halogens is 1. The zero-order valence-corrected chi connectivity index (χ0v) is 14.7. The molecule has 1 aromatic heterocycles. The van der Waals surface area contributed by atoms with Gasteiger partial charge in [0.25, 0.3) is 0 Å². The van der Waals surface area contributed by atoms with Crippen molar-refractivity contribution in [1.82, 2.24) is 9.88 Å². The summed E-state index contributed by atoms with van der Waals surface area (Å²) in [6, 6.07) is 2.73. The third-order valence-electron chi connectivity index (χ3n) is 5.93. The molecule has 1 aliphatic carbocycles. The maximum Gasteiger partial charge on any atom is 0.250 e. The van der Waals surface area contributed by atoms with Crippen LogP contribution in [0, 0.1) is 17.7 Å². The number of pyridine rings is 1. The van der Waals surface area contributed by atoms with Gasteiger partial charge >= 0.3 is 0 Å². The molecule has 3 aliphatic rings. The van der Waals surface area contributed by atoms with E-state index in [1.807, 2.05) is 0 Å². The first-order valence-electron chi connectivity index (χ1n) is 8.67. The van der Waals surface area contributed by atoms with Crippen molar-refractivity contribution in [2.75, 3.05) is 25.4 Å². The molecule has 136 valence electrons. The van der Waals surface area contributed by atoms with E-state index in [4.69, 9.17) is 4.74 Å². The van der Waals surface area contributed by atoms with Gasteiger partial charge in [-0.3, -0.25) is 4.79 Å². The predicted molar refractivity (Wildman–Crippen MR) is 88.2 cm³/mol. The molecule has 4 rings (SSSR count). The van der Waals surface area contributed by atoms with E-state index in [9.17, 15) is 17.6 Å². The quantitative estimate of drug-likeness (QED) is 0.803. The highest BCUT2D eigenvalue weighted by Crippen LogP contribution is 2.46. The molecule has 1 spiro atoms. The normalized spacial score (nSPS) is 26.9. The van der Waals surface area contributed by atoms with Crippen LogP contribution in [0.5, 0.6) is 5.88 Å². The molecule has 1 saturated carbocycles. The van der Waals surface area contributed by atoms with Gasteiger partial charge in [0.15, 0.2) is 15.7 Å². The third kappa shape index (κ3) is 2.61. The fourth-order valence-electron chi connectivity index (χ4n) is 4.03. The summed E-state index contributed by atoms with van der Waals surface area (Å²) >= 11 is 0. The van der Waals surface area contributed by atoms with E-state index in [1.54, 1.807) is 4.90 Å². The summed E-state index contributed by atoms with van der Waals surface area (Å²) in [6.45, 7) is 0.575. The van der Waals surface area contributed by atoms with Gasteiger partial charge in [0, 0.05) is 31.1 Å². The summed E-state index contributed by atoms with van der Waals surface area (Å²) in [6.07, 6.45) is 4.78. The number of amides is 1. The number of aromatic nitrogens is 1. The summed E-state index contributed by atoms with van der Waals surface area (Å²) in [5.41, 5.74) is 0. The summed E-state index contributed by atoms with van der Waals surface area (Å²) < 4.78 is 43.4. The fraction of sp³-hybridized carbons (Fsp3) is 0.647. The van der Waals surface area contributed by atoms with E-state index in [2.05, 4.69) is 4.98 Å². The number of hydrogen-bond acceptors (Lipinski definition) is 5. The number of nitrogens with zero attached hydrogens (tertiary/aromatic N) is 2. The molecular formula is C17H21FN2O4S. The Morgan fingerprint density at radius 2 is 2.12 bits per heavy atom.